The van der Waals surface area contributed by atoms with E-state index < -0.39 is 6.29 Å². The van der Waals surface area contributed by atoms with E-state index in [0.717, 1.165) is 24.8 Å². The number of hydrogen-bond acceptors (Lipinski definition) is 4. The molecule has 2 N–H and O–H groups in total. The number of ether oxygens (including phenoxy) is 2. The lowest BCUT2D eigenvalue weighted by atomic mass is 9.96. The fourth-order valence-electron chi connectivity index (χ4n) is 3.39. The number of methoxy groups -OCH3 is 1. The van der Waals surface area contributed by atoms with Crippen LogP contribution in [0.1, 0.15) is 31.7 Å². The molecule has 0 aromatic heterocycles. The van der Waals surface area contributed by atoms with Crippen LogP contribution in [0.2, 0.25) is 0 Å². The van der Waals surface area contributed by atoms with Gasteiger partial charge in [0.2, 0.25) is 6.29 Å². The third-order valence-electron chi connectivity index (χ3n) is 4.84. The fourth-order valence-corrected chi connectivity index (χ4v) is 3.39. The highest BCUT2D eigenvalue weighted by Crippen LogP contribution is 2.47. The van der Waals surface area contributed by atoms with Crippen molar-refractivity contribution >= 4 is 21.5 Å². The molecule has 3 rings (SSSR count). The lowest BCUT2D eigenvalue weighted by Crippen LogP contribution is -2.18. The summed E-state index contributed by atoms with van der Waals surface area (Å²) in [5.74, 6) is 0.816. The molecule has 0 heterocycles. The Labute approximate surface area is 159 Å². The van der Waals surface area contributed by atoms with Gasteiger partial charge in [0, 0.05) is 29.7 Å². The monoisotopic (exact) mass is 366 g/mol. The molecule has 0 saturated heterocycles. The number of fused-ring (bicyclic) bond motifs is 2. The number of phenolic OH excluding ortho intramolecular Hbond substituents is 2. The third kappa shape index (κ3) is 3.58. The smallest absolute Gasteiger partial charge is 0.203 e. The van der Waals surface area contributed by atoms with Crippen LogP contribution in [-0.4, -0.2) is 23.6 Å². The van der Waals surface area contributed by atoms with Gasteiger partial charge in [-0.1, -0.05) is 49.8 Å². The van der Waals surface area contributed by atoms with E-state index >= 15 is 0 Å². The van der Waals surface area contributed by atoms with Gasteiger partial charge in [-0.05, 0) is 24.5 Å². The average Bonchev–Trinajstić information content (AvgIpc) is 2.70. The van der Waals surface area contributed by atoms with Gasteiger partial charge in [-0.2, -0.15) is 0 Å². The highest BCUT2D eigenvalue weighted by molar-refractivity contribution is 6.12. The van der Waals surface area contributed by atoms with E-state index in [1.54, 1.807) is 25.3 Å². The van der Waals surface area contributed by atoms with Gasteiger partial charge in [0.05, 0.1) is 5.39 Å². The highest BCUT2D eigenvalue weighted by atomic mass is 16.7. The van der Waals surface area contributed by atoms with Crippen molar-refractivity contribution in [3.8, 4) is 17.2 Å². The van der Waals surface area contributed by atoms with Crippen LogP contribution in [-0.2, 0) is 11.2 Å². The molecule has 0 aliphatic rings. The van der Waals surface area contributed by atoms with Gasteiger partial charge >= 0.3 is 0 Å². The lowest BCUT2D eigenvalue weighted by Gasteiger charge is -2.22. The van der Waals surface area contributed by atoms with Gasteiger partial charge in [0.15, 0.2) is 0 Å². The molecule has 27 heavy (non-hydrogen) atoms. The summed E-state index contributed by atoms with van der Waals surface area (Å²) < 4.78 is 11.6. The first kappa shape index (κ1) is 19.1. The molecule has 0 bridgehead atoms. The fraction of sp³-hybridized carbons (Fsp3) is 0.304. The molecule has 0 spiro atoms. The summed E-state index contributed by atoms with van der Waals surface area (Å²) in [5, 5.41) is 24.1. The minimum Gasteiger partial charge on any atom is -0.507 e. The summed E-state index contributed by atoms with van der Waals surface area (Å²) in [6.07, 6.45) is 4.60. The van der Waals surface area contributed by atoms with E-state index in [4.69, 9.17) is 9.47 Å². The van der Waals surface area contributed by atoms with Crippen LogP contribution in [0.25, 0.3) is 21.5 Å². The molecule has 3 aromatic rings. The second kappa shape index (κ2) is 8.31. The predicted molar refractivity (Wildman–Crippen MR) is 110 cm³/mol. The van der Waals surface area contributed by atoms with Gasteiger partial charge in [-0.3, -0.25) is 0 Å². The summed E-state index contributed by atoms with van der Waals surface area (Å²) >= 11 is 0. The molecule has 0 aliphatic carbocycles. The van der Waals surface area contributed by atoms with Crippen LogP contribution >= 0.6 is 0 Å². The maximum absolute atomic E-state index is 11.0. The number of phenols is 2. The zero-order valence-corrected chi connectivity index (χ0v) is 15.9. The largest absolute Gasteiger partial charge is 0.507 e. The minimum atomic E-state index is -0.513. The Morgan fingerprint density at radius 3 is 2.37 bits per heavy atom. The molecule has 0 saturated carbocycles. The van der Waals surface area contributed by atoms with Crippen LogP contribution in [0.3, 0.4) is 0 Å². The zero-order chi connectivity index (χ0) is 19.4. The van der Waals surface area contributed by atoms with Crippen LogP contribution < -0.4 is 4.74 Å². The Hall–Kier alpha value is -2.72. The van der Waals surface area contributed by atoms with Crippen molar-refractivity contribution in [3.05, 3.63) is 54.6 Å². The number of aromatic hydroxyl groups is 2. The SMILES string of the molecule is C=CCC(OC)Oc1c(CCCC)ccc2c(O)c3ccccc3c(O)c12. The molecule has 0 amide bonds. The van der Waals surface area contributed by atoms with E-state index in [1.165, 1.54) is 0 Å². The summed E-state index contributed by atoms with van der Waals surface area (Å²) in [4.78, 5) is 0. The molecule has 0 fully saturated rings. The molecule has 4 heteroatoms. The van der Waals surface area contributed by atoms with Crippen molar-refractivity contribution in [2.45, 2.75) is 38.9 Å². The van der Waals surface area contributed by atoms with E-state index in [2.05, 4.69) is 13.5 Å². The molecule has 0 aliphatic heterocycles. The predicted octanol–water partition coefficient (Wildman–Crippen LogP) is 5.67. The van der Waals surface area contributed by atoms with Crippen molar-refractivity contribution in [1.29, 1.82) is 0 Å². The van der Waals surface area contributed by atoms with Crippen molar-refractivity contribution in [2.75, 3.05) is 7.11 Å². The number of aryl methyl sites for hydroxylation is 1. The first-order chi connectivity index (χ1) is 13.1. The van der Waals surface area contributed by atoms with Gasteiger partial charge in [0.25, 0.3) is 0 Å². The number of benzene rings is 3. The van der Waals surface area contributed by atoms with E-state index in [-0.39, 0.29) is 11.5 Å². The number of hydrogen-bond donors (Lipinski definition) is 2. The Balaban J connectivity index is 2.30. The van der Waals surface area contributed by atoms with E-state index in [0.29, 0.717) is 33.7 Å². The molecular formula is C23H26O4. The standard InChI is InChI=1S/C23H26O4/c1-4-6-10-15-13-14-18-20(23(15)27-19(26-3)9-5-2)22(25)17-12-8-7-11-16(17)21(18)24/h5,7-8,11-14,19,24-25H,2,4,6,9-10H2,1,3H3. The summed E-state index contributed by atoms with van der Waals surface area (Å²) in [7, 11) is 1.58. The molecule has 142 valence electrons. The van der Waals surface area contributed by atoms with Crippen molar-refractivity contribution in [3.63, 3.8) is 0 Å². The molecule has 1 atom stereocenters. The second-order valence-corrected chi connectivity index (χ2v) is 6.63. The summed E-state index contributed by atoms with van der Waals surface area (Å²) in [6.45, 7) is 5.88. The van der Waals surface area contributed by atoms with Gasteiger partial charge in [-0.15, -0.1) is 6.58 Å². The maximum Gasteiger partial charge on any atom is 0.203 e. The topological polar surface area (TPSA) is 58.9 Å². The number of rotatable bonds is 8. The molecule has 3 aromatic carbocycles. The van der Waals surface area contributed by atoms with Gasteiger partial charge in [-0.25, -0.2) is 0 Å². The van der Waals surface area contributed by atoms with E-state index in [1.807, 2.05) is 24.3 Å². The molecular weight excluding hydrogens is 340 g/mol. The highest BCUT2D eigenvalue weighted by Gasteiger charge is 2.21. The first-order valence-corrected chi connectivity index (χ1v) is 9.30. The van der Waals surface area contributed by atoms with Crippen molar-refractivity contribution in [1.82, 2.24) is 0 Å². The molecule has 4 nitrogen and oxygen atoms in total. The Bertz CT molecular complexity index is 962. The van der Waals surface area contributed by atoms with E-state index in [9.17, 15) is 10.2 Å². The molecule has 1 unspecified atom stereocenters. The van der Waals surface area contributed by atoms with Gasteiger partial charge < -0.3 is 19.7 Å². The van der Waals surface area contributed by atoms with Crippen LogP contribution in [0, 0.1) is 0 Å². The normalized spacial score (nSPS) is 12.4. The quantitative estimate of drug-likeness (QED) is 0.233. The second-order valence-electron chi connectivity index (χ2n) is 6.63. The van der Waals surface area contributed by atoms with Crippen molar-refractivity contribution < 1.29 is 19.7 Å². The first-order valence-electron chi connectivity index (χ1n) is 9.30. The Morgan fingerprint density at radius 1 is 1.04 bits per heavy atom. The third-order valence-corrected chi connectivity index (χ3v) is 4.84. The summed E-state index contributed by atoms with van der Waals surface area (Å²) in [5.41, 5.74) is 0.987. The van der Waals surface area contributed by atoms with Crippen LogP contribution in [0.15, 0.2) is 49.1 Å². The van der Waals surface area contributed by atoms with Crippen LogP contribution in [0.4, 0.5) is 0 Å². The maximum atomic E-state index is 11.0. The van der Waals surface area contributed by atoms with Crippen LogP contribution in [0.5, 0.6) is 17.2 Å². The zero-order valence-electron chi connectivity index (χ0n) is 15.9. The van der Waals surface area contributed by atoms with Crippen molar-refractivity contribution in [2.24, 2.45) is 0 Å². The molecule has 0 radical (unpaired) electrons. The Kier molecular flexibility index (Phi) is 5.87. The minimum absolute atomic E-state index is 0.111. The lowest BCUT2D eigenvalue weighted by molar-refractivity contribution is -0.0497. The summed E-state index contributed by atoms with van der Waals surface area (Å²) in [6, 6.07) is 11.1. The number of unbranched alkanes of at least 4 members (excludes halogenated alkanes) is 1. The Morgan fingerprint density at radius 2 is 1.74 bits per heavy atom. The average molecular weight is 366 g/mol. The van der Waals surface area contributed by atoms with Gasteiger partial charge in [0.1, 0.15) is 17.2 Å².